The Morgan fingerprint density at radius 1 is 0.727 bits per heavy atom. The number of rotatable bonds is 6. The first-order valence-corrected chi connectivity index (χ1v) is 11.6. The van der Waals surface area contributed by atoms with Crippen LogP contribution >= 0.6 is 0 Å². The van der Waals surface area contributed by atoms with Gasteiger partial charge in [-0.1, -0.05) is 55.7 Å². The zero-order valence-electron chi connectivity index (χ0n) is 18.4. The van der Waals surface area contributed by atoms with Gasteiger partial charge in [0.2, 0.25) is 0 Å². The Labute approximate surface area is 192 Å². The molecule has 0 N–H and O–H groups in total. The van der Waals surface area contributed by atoms with Crippen molar-refractivity contribution in [1.29, 1.82) is 0 Å². The van der Waals surface area contributed by atoms with Crippen molar-refractivity contribution in [2.45, 2.75) is 44.3 Å². The highest BCUT2D eigenvalue weighted by Crippen LogP contribution is 2.41. The fraction of sp³-hybridized carbons (Fsp3) is 0.357. The van der Waals surface area contributed by atoms with Crippen LogP contribution in [0.25, 0.3) is 11.1 Å². The van der Waals surface area contributed by atoms with Gasteiger partial charge in [0, 0.05) is 0 Å². The van der Waals surface area contributed by atoms with E-state index in [1.165, 1.54) is 55.5 Å². The summed E-state index contributed by atoms with van der Waals surface area (Å²) < 4.78 is 53.0. The third-order valence-corrected chi connectivity index (χ3v) is 7.02. The first-order valence-electron chi connectivity index (χ1n) is 11.6. The molecule has 0 spiro atoms. The van der Waals surface area contributed by atoms with Crippen LogP contribution in [0.2, 0.25) is 0 Å². The smallest absolute Gasteiger partial charge is 0.426 e. The Morgan fingerprint density at radius 2 is 1.36 bits per heavy atom. The molecule has 2 nitrogen and oxygen atoms in total. The Hall–Kier alpha value is -2.79. The van der Waals surface area contributed by atoms with E-state index in [1.54, 1.807) is 12.1 Å². The second kappa shape index (κ2) is 9.22. The predicted octanol–water partition coefficient (Wildman–Crippen LogP) is 7.89. The van der Waals surface area contributed by atoms with Gasteiger partial charge in [-0.05, 0) is 77.8 Å². The molecule has 5 heteroatoms. The van der Waals surface area contributed by atoms with Crippen LogP contribution in [0.4, 0.5) is 13.2 Å². The molecule has 2 atom stereocenters. The summed E-state index contributed by atoms with van der Waals surface area (Å²) in [6.07, 6.45) is 2.99. The lowest BCUT2D eigenvalue weighted by atomic mass is 9.73. The zero-order valence-corrected chi connectivity index (χ0v) is 18.4. The lowest BCUT2D eigenvalue weighted by Gasteiger charge is -2.38. The maximum absolute atomic E-state index is 14.5. The van der Waals surface area contributed by atoms with Gasteiger partial charge in [0.25, 0.3) is 0 Å². The van der Waals surface area contributed by atoms with Gasteiger partial charge in [0.15, 0.2) is 0 Å². The van der Waals surface area contributed by atoms with E-state index < -0.39 is 11.9 Å². The summed E-state index contributed by atoms with van der Waals surface area (Å²) in [6, 6.07) is 18.7. The van der Waals surface area contributed by atoms with Crippen LogP contribution < -0.4 is 4.74 Å². The lowest BCUT2D eigenvalue weighted by Crippen LogP contribution is -2.30. The molecule has 1 heterocycles. The molecule has 0 aromatic heterocycles. The first-order chi connectivity index (χ1) is 16.0. The summed E-state index contributed by atoms with van der Waals surface area (Å²) in [5, 5.41) is 0. The molecular weight excluding hydrogens is 425 g/mol. The molecule has 3 aromatic rings. The number of hydrogen-bond acceptors (Lipinski definition) is 2. The van der Waals surface area contributed by atoms with E-state index in [9.17, 15) is 13.2 Å². The SMILES string of the molecule is Fc1ccc(OC(F)(F)c2ccc(-c3ccc(C4CCC(C5CCC5)CO4)cc3)cc2)cc1. The monoisotopic (exact) mass is 452 g/mol. The minimum atomic E-state index is -3.52. The van der Waals surface area contributed by atoms with Crippen molar-refractivity contribution in [2.24, 2.45) is 11.8 Å². The Bertz CT molecular complexity index is 1050. The first kappa shape index (κ1) is 22.0. The third-order valence-electron chi connectivity index (χ3n) is 7.02. The van der Waals surface area contributed by atoms with Crippen molar-refractivity contribution in [3.8, 4) is 16.9 Å². The van der Waals surface area contributed by atoms with Gasteiger partial charge in [0.05, 0.1) is 18.3 Å². The van der Waals surface area contributed by atoms with Gasteiger partial charge in [0.1, 0.15) is 11.6 Å². The van der Waals surface area contributed by atoms with Crippen LogP contribution in [0.15, 0.2) is 72.8 Å². The lowest BCUT2D eigenvalue weighted by molar-refractivity contribution is -0.185. The van der Waals surface area contributed by atoms with Crippen molar-refractivity contribution in [2.75, 3.05) is 6.61 Å². The molecule has 172 valence electrons. The standard InChI is InChI=1S/C28H27F3O2/c29-25-13-15-26(16-14-25)33-28(30,31)24-11-8-21(9-12-24)20-4-6-22(7-5-20)27-17-10-23(18-32-27)19-2-1-3-19/h4-9,11-16,19,23,27H,1-3,10,17-18H2. The van der Waals surface area contributed by atoms with Crippen LogP contribution in [-0.2, 0) is 10.8 Å². The molecule has 2 aliphatic rings. The molecule has 5 rings (SSSR count). The maximum atomic E-state index is 14.5. The van der Waals surface area contributed by atoms with Crippen LogP contribution in [0.1, 0.15) is 49.3 Å². The summed E-state index contributed by atoms with van der Waals surface area (Å²) in [6.45, 7) is 0.854. The van der Waals surface area contributed by atoms with Crippen molar-refractivity contribution < 1.29 is 22.6 Å². The second-order valence-corrected chi connectivity index (χ2v) is 9.12. The largest absolute Gasteiger partial charge is 0.429 e. The number of benzene rings is 3. The minimum absolute atomic E-state index is 0.0926. The number of alkyl halides is 2. The van der Waals surface area contributed by atoms with Gasteiger partial charge in [-0.2, -0.15) is 8.78 Å². The molecule has 1 aliphatic heterocycles. The summed E-state index contributed by atoms with van der Waals surface area (Å²) in [4.78, 5) is 0. The normalized spacial score (nSPS) is 21.4. The van der Waals surface area contributed by atoms with Crippen LogP contribution in [-0.4, -0.2) is 6.61 Å². The van der Waals surface area contributed by atoms with Crippen molar-refractivity contribution in [3.63, 3.8) is 0 Å². The van der Waals surface area contributed by atoms with E-state index in [4.69, 9.17) is 9.47 Å². The van der Waals surface area contributed by atoms with E-state index in [-0.39, 0.29) is 17.4 Å². The highest BCUT2D eigenvalue weighted by Gasteiger charge is 2.34. The molecule has 1 aliphatic carbocycles. The highest BCUT2D eigenvalue weighted by atomic mass is 19.3. The van der Waals surface area contributed by atoms with Crippen molar-refractivity contribution in [3.05, 3.63) is 89.7 Å². The Balaban J connectivity index is 1.22. The summed E-state index contributed by atoms with van der Waals surface area (Å²) in [5.41, 5.74) is 2.71. The van der Waals surface area contributed by atoms with Gasteiger partial charge in [-0.15, -0.1) is 0 Å². The molecular formula is C28H27F3O2. The van der Waals surface area contributed by atoms with Crippen LogP contribution in [0.5, 0.6) is 5.75 Å². The number of ether oxygens (including phenoxy) is 2. The molecule has 2 unspecified atom stereocenters. The fourth-order valence-corrected chi connectivity index (χ4v) is 4.77. The topological polar surface area (TPSA) is 18.5 Å². The molecule has 33 heavy (non-hydrogen) atoms. The van der Waals surface area contributed by atoms with E-state index in [1.807, 2.05) is 12.1 Å². The maximum Gasteiger partial charge on any atom is 0.426 e. The van der Waals surface area contributed by atoms with E-state index >= 15 is 0 Å². The molecule has 0 radical (unpaired) electrons. The second-order valence-electron chi connectivity index (χ2n) is 9.12. The highest BCUT2D eigenvalue weighted by molar-refractivity contribution is 5.64. The van der Waals surface area contributed by atoms with E-state index in [0.29, 0.717) is 0 Å². The van der Waals surface area contributed by atoms with E-state index in [0.717, 1.165) is 48.1 Å². The fourth-order valence-electron chi connectivity index (χ4n) is 4.77. The Morgan fingerprint density at radius 3 is 1.91 bits per heavy atom. The van der Waals surface area contributed by atoms with Crippen LogP contribution in [0.3, 0.4) is 0 Å². The molecule has 2 fully saturated rings. The van der Waals surface area contributed by atoms with Crippen molar-refractivity contribution in [1.82, 2.24) is 0 Å². The average molecular weight is 453 g/mol. The Kier molecular flexibility index (Phi) is 6.15. The summed E-state index contributed by atoms with van der Waals surface area (Å²) >= 11 is 0. The van der Waals surface area contributed by atoms with Gasteiger partial charge in [-0.25, -0.2) is 4.39 Å². The van der Waals surface area contributed by atoms with Gasteiger partial charge in [-0.3, -0.25) is 0 Å². The van der Waals surface area contributed by atoms with E-state index in [2.05, 4.69) is 12.1 Å². The van der Waals surface area contributed by atoms with Crippen LogP contribution in [0, 0.1) is 17.7 Å². The molecule has 3 aromatic carbocycles. The number of hydrogen-bond donors (Lipinski definition) is 0. The third kappa shape index (κ3) is 4.93. The minimum Gasteiger partial charge on any atom is -0.429 e. The molecule has 0 amide bonds. The van der Waals surface area contributed by atoms with Gasteiger partial charge >= 0.3 is 6.11 Å². The van der Waals surface area contributed by atoms with Crippen molar-refractivity contribution >= 4 is 0 Å². The zero-order chi connectivity index (χ0) is 22.8. The molecule has 1 saturated carbocycles. The number of halogens is 3. The summed E-state index contributed by atoms with van der Waals surface area (Å²) in [7, 11) is 0. The molecule has 1 saturated heterocycles. The predicted molar refractivity (Wildman–Crippen MR) is 122 cm³/mol. The van der Waals surface area contributed by atoms with Gasteiger partial charge < -0.3 is 9.47 Å². The quantitative estimate of drug-likeness (QED) is 0.379. The molecule has 0 bridgehead atoms. The average Bonchev–Trinajstić information content (AvgIpc) is 2.80. The summed E-state index contributed by atoms with van der Waals surface area (Å²) in [5.74, 6) is 0.988.